The fourth-order valence-corrected chi connectivity index (χ4v) is 3.22. The molecule has 160 valence electrons. The second kappa shape index (κ2) is 8.73. The van der Waals surface area contributed by atoms with Crippen molar-refractivity contribution in [2.45, 2.75) is 66.3 Å². The number of aromatic nitrogens is 4. The summed E-state index contributed by atoms with van der Waals surface area (Å²) in [5, 5.41) is 11.8. The summed E-state index contributed by atoms with van der Waals surface area (Å²) in [6.45, 7) is 13.5. The SMILES string of the molecule is CCn1cc(C(C)NC(=O)c2ccn(COc3ccc(C(C)(C)C)cc3)n2)c(C)n1. The third-order valence-corrected chi connectivity index (χ3v) is 5.08. The molecule has 1 amide bonds. The normalized spacial score (nSPS) is 12.6. The van der Waals surface area contributed by atoms with Crippen LogP contribution < -0.4 is 10.1 Å². The number of rotatable bonds is 7. The van der Waals surface area contributed by atoms with Gasteiger partial charge in [-0.2, -0.15) is 10.2 Å². The van der Waals surface area contributed by atoms with Crippen molar-refractivity contribution in [3.8, 4) is 5.75 Å². The van der Waals surface area contributed by atoms with Crippen LogP contribution in [0.4, 0.5) is 0 Å². The third kappa shape index (κ3) is 5.09. The number of carbonyl (C=O) groups is 1. The summed E-state index contributed by atoms with van der Waals surface area (Å²) in [5.41, 5.74) is 3.64. The van der Waals surface area contributed by atoms with Gasteiger partial charge in [-0.05, 0) is 49.9 Å². The van der Waals surface area contributed by atoms with Gasteiger partial charge in [0.15, 0.2) is 6.73 Å². The third-order valence-electron chi connectivity index (χ3n) is 5.08. The van der Waals surface area contributed by atoms with Crippen LogP contribution in [-0.4, -0.2) is 25.5 Å². The highest BCUT2D eigenvalue weighted by Crippen LogP contribution is 2.24. The zero-order valence-electron chi connectivity index (χ0n) is 18.6. The van der Waals surface area contributed by atoms with Gasteiger partial charge in [-0.1, -0.05) is 32.9 Å². The van der Waals surface area contributed by atoms with E-state index in [-0.39, 0.29) is 24.1 Å². The molecule has 0 saturated heterocycles. The van der Waals surface area contributed by atoms with Crippen molar-refractivity contribution in [3.05, 3.63) is 65.2 Å². The monoisotopic (exact) mass is 409 g/mol. The fraction of sp³-hybridized carbons (Fsp3) is 0.435. The zero-order chi connectivity index (χ0) is 21.9. The van der Waals surface area contributed by atoms with Crippen LogP contribution in [-0.2, 0) is 18.7 Å². The summed E-state index contributed by atoms with van der Waals surface area (Å²) in [7, 11) is 0. The number of hydrogen-bond acceptors (Lipinski definition) is 4. The van der Waals surface area contributed by atoms with Gasteiger partial charge in [0, 0.05) is 24.5 Å². The summed E-state index contributed by atoms with van der Waals surface area (Å²) in [6.07, 6.45) is 3.71. The maximum absolute atomic E-state index is 12.6. The molecule has 0 fully saturated rings. The van der Waals surface area contributed by atoms with Gasteiger partial charge < -0.3 is 10.1 Å². The number of hydrogen-bond donors (Lipinski definition) is 1. The van der Waals surface area contributed by atoms with Gasteiger partial charge in [0.05, 0.1) is 11.7 Å². The van der Waals surface area contributed by atoms with E-state index in [0.29, 0.717) is 5.69 Å². The first-order valence-corrected chi connectivity index (χ1v) is 10.3. The van der Waals surface area contributed by atoms with E-state index in [1.54, 1.807) is 16.9 Å². The van der Waals surface area contributed by atoms with Crippen molar-refractivity contribution in [1.29, 1.82) is 0 Å². The highest BCUT2D eigenvalue weighted by molar-refractivity contribution is 5.92. The van der Waals surface area contributed by atoms with Crippen LogP contribution in [0.2, 0.25) is 0 Å². The molecule has 3 rings (SSSR count). The number of aryl methyl sites for hydroxylation is 2. The maximum atomic E-state index is 12.6. The van der Waals surface area contributed by atoms with E-state index in [2.05, 4.69) is 48.4 Å². The smallest absolute Gasteiger partial charge is 0.272 e. The molecule has 1 aromatic carbocycles. The topological polar surface area (TPSA) is 74.0 Å². The molecule has 7 heteroatoms. The average molecular weight is 410 g/mol. The Bertz CT molecular complexity index is 996. The van der Waals surface area contributed by atoms with E-state index in [4.69, 9.17) is 4.74 Å². The lowest BCUT2D eigenvalue weighted by atomic mass is 9.87. The Kier molecular flexibility index (Phi) is 6.29. The van der Waals surface area contributed by atoms with Crippen molar-refractivity contribution in [2.75, 3.05) is 0 Å². The molecular formula is C23H31N5O2. The van der Waals surface area contributed by atoms with Crippen LogP contribution in [0.15, 0.2) is 42.7 Å². The Balaban J connectivity index is 1.57. The van der Waals surface area contributed by atoms with E-state index in [0.717, 1.165) is 23.6 Å². The molecule has 7 nitrogen and oxygen atoms in total. The summed E-state index contributed by atoms with van der Waals surface area (Å²) in [6, 6.07) is 9.59. The van der Waals surface area contributed by atoms with E-state index < -0.39 is 0 Å². The second-order valence-electron chi connectivity index (χ2n) is 8.51. The van der Waals surface area contributed by atoms with Crippen molar-refractivity contribution in [3.63, 3.8) is 0 Å². The maximum Gasteiger partial charge on any atom is 0.272 e. The van der Waals surface area contributed by atoms with Crippen molar-refractivity contribution in [2.24, 2.45) is 0 Å². The standard InChI is InChI=1S/C23H31N5O2/c1-7-27-14-20(17(3)25-27)16(2)24-22(29)21-12-13-28(26-21)15-30-19-10-8-18(9-11-19)23(4,5)6/h8-14,16H,7,15H2,1-6H3,(H,24,29). The number of nitrogens with zero attached hydrogens (tertiary/aromatic N) is 4. The first-order valence-electron chi connectivity index (χ1n) is 10.3. The van der Waals surface area contributed by atoms with Crippen molar-refractivity contribution >= 4 is 5.91 Å². The minimum absolute atomic E-state index is 0.105. The number of amides is 1. The number of ether oxygens (including phenoxy) is 1. The molecule has 1 unspecified atom stereocenters. The average Bonchev–Trinajstić information content (AvgIpc) is 3.32. The van der Waals surface area contributed by atoms with Gasteiger partial charge in [-0.3, -0.25) is 9.48 Å². The first kappa shape index (κ1) is 21.6. The predicted octanol–water partition coefficient (Wildman–Crippen LogP) is 4.23. The van der Waals surface area contributed by atoms with Gasteiger partial charge in [0.2, 0.25) is 0 Å². The Hall–Kier alpha value is -3.09. The van der Waals surface area contributed by atoms with Crippen molar-refractivity contribution < 1.29 is 9.53 Å². The largest absolute Gasteiger partial charge is 0.471 e. The predicted molar refractivity (Wildman–Crippen MR) is 117 cm³/mol. The lowest BCUT2D eigenvalue weighted by Crippen LogP contribution is -2.27. The Morgan fingerprint density at radius 2 is 1.83 bits per heavy atom. The van der Waals surface area contributed by atoms with Gasteiger partial charge in [-0.25, -0.2) is 4.68 Å². The Morgan fingerprint density at radius 1 is 1.13 bits per heavy atom. The molecular weight excluding hydrogens is 378 g/mol. The van der Waals surface area contributed by atoms with Crippen LogP contribution >= 0.6 is 0 Å². The lowest BCUT2D eigenvalue weighted by molar-refractivity contribution is 0.0932. The van der Waals surface area contributed by atoms with E-state index in [1.807, 2.05) is 43.8 Å². The molecule has 2 heterocycles. The van der Waals surface area contributed by atoms with Gasteiger partial charge >= 0.3 is 0 Å². The fourth-order valence-electron chi connectivity index (χ4n) is 3.22. The van der Waals surface area contributed by atoms with Crippen LogP contribution in [0.25, 0.3) is 0 Å². The van der Waals surface area contributed by atoms with E-state index >= 15 is 0 Å². The molecule has 0 aliphatic carbocycles. The lowest BCUT2D eigenvalue weighted by Gasteiger charge is -2.19. The summed E-state index contributed by atoms with van der Waals surface area (Å²) in [5.74, 6) is 0.543. The van der Waals surface area contributed by atoms with Gasteiger partial charge in [0.25, 0.3) is 5.91 Å². The van der Waals surface area contributed by atoms with Crippen LogP contribution in [0.1, 0.15) is 68.0 Å². The Morgan fingerprint density at radius 3 is 2.43 bits per heavy atom. The molecule has 2 aromatic heterocycles. The molecule has 0 aliphatic heterocycles. The molecule has 0 aliphatic rings. The molecule has 0 spiro atoms. The molecule has 1 atom stereocenters. The Labute approximate surface area is 178 Å². The highest BCUT2D eigenvalue weighted by Gasteiger charge is 2.17. The van der Waals surface area contributed by atoms with Crippen LogP contribution in [0.5, 0.6) is 5.75 Å². The number of benzene rings is 1. The van der Waals surface area contributed by atoms with Gasteiger partial charge in [-0.15, -0.1) is 0 Å². The number of carbonyl (C=O) groups excluding carboxylic acids is 1. The molecule has 0 saturated carbocycles. The van der Waals surface area contributed by atoms with Crippen LogP contribution in [0.3, 0.4) is 0 Å². The van der Waals surface area contributed by atoms with E-state index in [1.165, 1.54) is 5.56 Å². The van der Waals surface area contributed by atoms with Gasteiger partial charge in [0.1, 0.15) is 11.4 Å². The number of nitrogens with one attached hydrogen (secondary N) is 1. The minimum atomic E-state index is -0.223. The summed E-state index contributed by atoms with van der Waals surface area (Å²) >= 11 is 0. The summed E-state index contributed by atoms with van der Waals surface area (Å²) in [4.78, 5) is 12.6. The zero-order valence-corrected chi connectivity index (χ0v) is 18.6. The quantitative estimate of drug-likeness (QED) is 0.634. The van der Waals surface area contributed by atoms with Crippen LogP contribution in [0, 0.1) is 6.92 Å². The second-order valence-corrected chi connectivity index (χ2v) is 8.51. The van der Waals surface area contributed by atoms with E-state index in [9.17, 15) is 4.79 Å². The molecule has 0 radical (unpaired) electrons. The molecule has 1 N–H and O–H groups in total. The minimum Gasteiger partial charge on any atom is -0.471 e. The summed E-state index contributed by atoms with van der Waals surface area (Å²) < 4.78 is 9.27. The molecule has 0 bridgehead atoms. The highest BCUT2D eigenvalue weighted by atomic mass is 16.5. The van der Waals surface area contributed by atoms with Crippen molar-refractivity contribution in [1.82, 2.24) is 24.9 Å². The molecule has 30 heavy (non-hydrogen) atoms. The first-order chi connectivity index (χ1) is 14.2. The molecule has 3 aromatic rings.